The van der Waals surface area contributed by atoms with E-state index in [2.05, 4.69) is 23.2 Å². The van der Waals surface area contributed by atoms with Crippen LogP contribution in [-0.4, -0.2) is 31.0 Å². The van der Waals surface area contributed by atoms with E-state index in [0.717, 1.165) is 29.0 Å². The Bertz CT molecular complexity index is 753. The minimum Gasteiger partial charge on any atom is -0.497 e. The minimum absolute atomic E-state index is 0.0737. The van der Waals surface area contributed by atoms with Gasteiger partial charge in [-0.2, -0.15) is 0 Å². The van der Waals surface area contributed by atoms with Crippen LogP contribution in [0.15, 0.2) is 36.4 Å². The first-order chi connectivity index (χ1) is 12.3. The van der Waals surface area contributed by atoms with Crippen LogP contribution in [0.5, 0.6) is 5.75 Å². The normalized spacial score (nSPS) is 12.1. The van der Waals surface area contributed by atoms with Gasteiger partial charge in [-0.05, 0) is 62.2 Å². The van der Waals surface area contributed by atoms with E-state index in [1.165, 1.54) is 0 Å². The van der Waals surface area contributed by atoms with Crippen molar-refractivity contribution in [3.05, 3.63) is 58.1 Å². The Balaban J connectivity index is 2.10. The zero-order valence-electron chi connectivity index (χ0n) is 16.1. The molecule has 140 valence electrons. The second kappa shape index (κ2) is 9.06. The van der Waals surface area contributed by atoms with Gasteiger partial charge < -0.3 is 10.1 Å². The summed E-state index contributed by atoms with van der Waals surface area (Å²) in [5.74, 6) is 0.743. The Kier molecular flexibility index (Phi) is 7.06. The van der Waals surface area contributed by atoms with Crippen molar-refractivity contribution in [1.29, 1.82) is 0 Å². The van der Waals surface area contributed by atoms with E-state index in [9.17, 15) is 4.79 Å². The number of aryl methyl sites for hydroxylation is 2. The molecule has 26 heavy (non-hydrogen) atoms. The Morgan fingerprint density at radius 2 is 2.00 bits per heavy atom. The molecule has 0 aliphatic heterocycles. The van der Waals surface area contributed by atoms with Crippen LogP contribution in [-0.2, 0) is 4.79 Å². The number of nitrogens with zero attached hydrogens (tertiary/aromatic N) is 1. The quantitative estimate of drug-likeness (QED) is 0.742. The zero-order chi connectivity index (χ0) is 19.3. The molecule has 0 saturated heterocycles. The molecule has 1 atom stereocenters. The third kappa shape index (κ3) is 4.99. The predicted octanol–water partition coefficient (Wildman–Crippen LogP) is 4.99. The Morgan fingerprint density at radius 3 is 2.62 bits per heavy atom. The Morgan fingerprint density at radius 1 is 1.27 bits per heavy atom. The van der Waals surface area contributed by atoms with Crippen molar-refractivity contribution in [2.75, 3.05) is 25.5 Å². The number of hydrogen-bond donors (Lipinski definition) is 1. The summed E-state index contributed by atoms with van der Waals surface area (Å²) in [4.78, 5) is 14.7. The second-order valence-corrected chi connectivity index (χ2v) is 6.91. The molecule has 0 spiro atoms. The first-order valence-corrected chi connectivity index (χ1v) is 9.18. The molecule has 0 radical (unpaired) electrons. The summed E-state index contributed by atoms with van der Waals surface area (Å²) >= 11 is 6.30. The standard InChI is InChI=1S/C21H27ClN2O2/c1-6-24(16(4)17-8-7-9-18(12-17)26-5)13-20(25)23-21-15(3)10-14(2)11-19(21)22/h7-12,16H,6,13H2,1-5H3,(H,23,25). The van der Waals surface area contributed by atoms with E-state index >= 15 is 0 Å². The molecule has 0 fully saturated rings. The molecule has 2 aromatic carbocycles. The first-order valence-electron chi connectivity index (χ1n) is 8.80. The van der Waals surface area contributed by atoms with Crippen LogP contribution in [0.3, 0.4) is 0 Å². The average molecular weight is 375 g/mol. The van der Waals surface area contributed by atoms with Crippen LogP contribution in [0, 0.1) is 13.8 Å². The number of benzene rings is 2. The smallest absolute Gasteiger partial charge is 0.238 e. The first kappa shape index (κ1) is 20.3. The van der Waals surface area contributed by atoms with E-state index < -0.39 is 0 Å². The molecule has 0 aliphatic rings. The molecular weight excluding hydrogens is 348 g/mol. The lowest BCUT2D eigenvalue weighted by atomic mass is 10.1. The molecular formula is C21H27ClN2O2. The van der Waals surface area contributed by atoms with Gasteiger partial charge in [-0.3, -0.25) is 9.69 Å². The number of anilines is 1. The molecule has 4 nitrogen and oxygen atoms in total. The number of halogens is 1. The number of nitrogens with one attached hydrogen (secondary N) is 1. The molecule has 2 rings (SSSR count). The highest BCUT2D eigenvalue weighted by atomic mass is 35.5. The lowest BCUT2D eigenvalue weighted by Gasteiger charge is -2.28. The number of methoxy groups -OCH3 is 1. The highest BCUT2D eigenvalue weighted by Crippen LogP contribution is 2.28. The van der Waals surface area contributed by atoms with Gasteiger partial charge in [0.05, 0.1) is 24.4 Å². The summed E-state index contributed by atoms with van der Waals surface area (Å²) < 4.78 is 5.30. The predicted molar refractivity (Wildman–Crippen MR) is 108 cm³/mol. The molecule has 0 aromatic heterocycles. The number of hydrogen-bond acceptors (Lipinski definition) is 3. The van der Waals surface area contributed by atoms with Crippen LogP contribution in [0.25, 0.3) is 0 Å². The maximum atomic E-state index is 12.6. The molecule has 0 bridgehead atoms. The summed E-state index contributed by atoms with van der Waals surface area (Å²) in [7, 11) is 1.66. The molecule has 2 aromatic rings. The van der Waals surface area contributed by atoms with E-state index in [4.69, 9.17) is 16.3 Å². The largest absolute Gasteiger partial charge is 0.497 e. The van der Waals surface area contributed by atoms with Gasteiger partial charge in [0.1, 0.15) is 5.75 Å². The van der Waals surface area contributed by atoms with Gasteiger partial charge in [0, 0.05) is 6.04 Å². The molecule has 1 unspecified atom stereocenters. The molecule has 0 heterocycles. The Labute approximate surface area is 161 Å². The van der Waals surface area contributed by atoms with Gasteiger partial charge in [-0.15, -0.1) is 0 Å². The summed E-state index contributed by atoms with van der Waals surface area (Å²) in [6.45, 7) is 9.12. The number of ether oxygens (including phenoxy) is 1. The fraction of sp³-hybridized carbons (Fsp3) is 0.381. The summed E-state index contributed by atoms with van der Waals surface area (Å²) in [5, 5.41) is 3.53. The summed E-state index contributed by atoms with van der Waals surface area (Å²) in [6.07, 6.45) is 0. The van der Waals surface area contributed by atoms with Crippen LogP contribution < -0.4 is 10.1 Å². The monoisotopic (exact) mass is 374 g/mol. The minimum atomic E-state index is -0.0737. The van der Waals surface area contributed by atoms with E-state index in [0.29, 0.717) is 17.3 Å². The number of likely N-dealkylation sites (N-methyl/N-ethyl adjacent to an activating group) is 1. The van der Waals surface area contributed by atoms with Crippen molar-refractivity contribution in [3.63, 3.8) is 0 Å². The second-order valence-electron chi connectivity index (χ2n) is 6.50. The molecule has 1 amide bonds. The van der Waals surface area contributed by atoms with E-state index in [-0.39, 0.29) is 11.9 Å². The number of rotatable bonds is 7. The zero-order valence-corrected chi connectivity index (χ0v) is 16.9. The molecule has 1 N–H and O–H groups in total. The third-order valence-corrected chi connectivity index (χ3v) is 4.87. The highest BCUT2D eigenvalue weighted by molar-refractivity contribution is 6.34. The lowest BCUT2D eigenvalue weighted by Crippen LogP contribution is -2.35. The summed E-state index contributed by atoms with van der Waals surface area (Å²) in [6, 6.07) is 11.9. The van der Waals surface area contributed by atoms with Gasteiger partial charge in [0.15, 0.2) is 0 Å². The van der Waals surface area contributed by atoms with Crippen molar-refractivity contribution in [2.45, 2.75) is 33.7 Å². The number of amides is 1. The number of carbonyl (C=O) groups excluding carboxylic acids is 1. The van der Waals surface area contributed by atoms with Crippen molar-refractivity contribution in [1.82, 2.24) is 4.90 Å². The highest BCUT2D eigenvalue weighted by Gasteiger charge is 2.19. The van der Waals surface area contributed by atoms with Crippen molar-refractivity contribution >= 4 is 23.2 Å². The molecule has 0 saturated carbocycles. The van der Waals surface area contributed by atoms with Crippen LogP contribution >= 0.6 is 11.6 Å². The van der Waals surface area contributed by atoms with Gasteiger partial charge in [0.2, 0.25) is 5.91 Å². The number of carbonyl (C=O) groups is 1. The van der Waals surface area contributed by atoms with Crippen molar-refractivity contribution < 1.29 is 9.53 Å². The maximum Gasteiger partial charge on any atom is 0.238 e. The lowest BCUT2D eigenvalue weighted by molar-refractivity contribution is -0.117. The van der Waals surface area contributed by atoms with Gasteiger partial charge >= 0.3 is 0 Å². The average Bonchev–Trinajstić information content (AvgIpc) is 2.62. The van der Waals surface area contributed by atoms with Gasteiger partial charge in [-0.1, -0.05) is 36.7 Å². The van der Waals surface area contributed by atoms with Crippen molar-refractivity contribution in [3.8, 4) is 5.75 Å². The summed E-state index contributed by atoms with van der Waals surface area (Å²) in [5.41, 5.74) is 3.84. The molecule has 0 aliphatic carbocycles. The van der Waals surface area contributed by atoms with Crippen molar-refractivity contribution in [2.24, 2.45) is 0 Å². The van der Waals surface area contributed by atoms with E-state index in [1.807, 2.05) is 51.1 Å². The maximum absolute atomic E-state index is 12.6. The van der Waals surface area contributed by atoms with Crippen LogP contribution in [0.2, 0.25) is 5.02 Å². The molecule has 5 heteroatoms. The van der Waals surface area contributed by atoms with Crippen LogP contribution in [0.4, 0.5) is 5.69 Å². The van der Waals surface area contributed by atoms with Crippen LogP contribution in [0.1, 0.15) is 36.6 Å². The SMILES string of the molecule is CCN(CC(=O)Nc1c(C)cc(C)cc1Cl)C(C)c1cccc(OC)c1. The fourth-order valence-corrected chi connectivity index (χ4v) is 3.44. The van der Waals surface area contributed by atoms with Gasteiger partial charge in [0.25, 0.3) is 0 Å². The topological polar surface area (TPSA) is 41.6 Å². The third-order valence-electron chi connectivity index (χ3n) is 4.57. The fourth-order valence-electron chi connectivity index (χ4n) is 3.07. The Hall–Kier alpha value is -2.04. The van der Waals surface area contributed by atoms with E-state index in [1.54, 1.807) is 7.11 Å². The van der Waals surface area contributed by atoms with Gasteiger partial charge in [-0.25, -0.2) is 0 Å².